The standard InChI is InChI=1S/C18H26N2O2/c1-14(13-22-17-5-3-2-4-6-17)18(21)20-9-7-15-11-19-12-16(15)8-10-20/h2-6,14-16,19H,7-13H2,1H3/t14?,15-,16+. The molecule has 0 aliphatic carbocycles. The zero-order valence-corrected chi connectivity index (χ0v) is 13.3. The molecule has 0 bridgehead atoms. The molecule has 0 radical (unpaired) electrons. The van der Waals surface area contributed by atoms with Crippen molar-refractivity contribution in [2.45, 2.75) is 19.8 Å². The Kier molecular flexibility index (Phi) is 4.98. The third-order valence-corrected chi connectivity index (χ3v) is 5.00. The fraction of sp³-hybridized carbons (Fsp3) is 0.611. The molecule has 0 aromatic heterocycles. The van der Waals surface area contributed by atoms with Gasteiger partial charge in [0, 0.05) is 13.1 Å². The lowest BCUT2D eigenvalue weighted by Crippen LogP contribution is -2.38. The first kappa shape index (κ1) is 15.3. The molecule has 1 unspecified atom stereocenters. The van der Waals surface area contributed by atoms with Gasteiger partial charge in [-0.15, -0.1) is 0 Å². The van der Waals surface area contributed by atoms with E-state index in [1.807, 2.05) is 37.3 Å². The highest BCUT2D eigenvalue weighted by molar-refractivity contribution is 5.78. The Morgan fingerprint density at radius 1 is 1.23 bits per heavy atom. The van der Waals surface area contributed by atoms with Crippen LogP contribution in [0.25, 0.3) is 0 Å². The van der Waals surface area contributed by atoms with Crippen molar-refractivity contribution in [1.29, 1.82) is 0 Å². The van der Waals surface area contributed by atoms with Gasteiger partial charge >= 0.3 is 0 Å². The first-order valence-electron chi connectivity index (χ1n) is 8.41. The molecule has 3 atom stereocenters. The highest BCUT2D eigenvalue weighted by Crippen LogP contribution is 2.27. The van der Waals surface area contributed by atoms with E-state index in [-0.39, 0.29) is 11.8 Å². The Morgan fingerprint density at radius 3 is 2.50 bits per heavy atom. The minimum atomic E-state index is -0.0868. The highest BCUT2D eigenvalue weighted by Gasteiger charge is 2.32. The second kappa shape index (κ2) is 7.14. The maximum atomic E-state index is 12.6. The first-order chi connectivity index (χ1) is 10.7. The number of rotatable bonds is 4. The SMILES string of the molecule is CC(COc1ccccc1)C(=O)N1CC[C@@H]2CNC[C@@H]2CC1. The Balaban J connectivity index is 1.50. The maximum Gasteiger partial charge on any atom is 0.228 e. The number of nitrogens with zero attached hydrogens (tertiary/aromatic N) is 1. The lowest BCUT2D eigenvalue weighted by Gasteiger charge is -2.24. The Labute approximate surface area is 132 Å². The number of para-hydroxylation sites is 1. The predicted octanol–water partition coefficient (Wildman–Crippen LogP) is 2.16. The number of carbonyl (C=O) groups excluding carboxylic acids is 1. The molecule has 1 amide bonds. The molecule has 2 heterocycles. The van der Waals surface area contributed by atoms with Crippen molar-refractivity contribution >= 4 is 5.91 Å². The normalized spacial score (nSPS) is 26.1. The fourth-order valence-corrected chi connectivity index (χ4v) is 3.56. The quantitative estimate of drug-likeness (QED) is 0.927. The van der Waals surface area contributed by atoms with Gasteiger partial charge in [0.2, 0.25) is 5.91 Å². The van der Waals surface area contributed by atoms with Crippen LogP contribution in [0, 0.1) is 17.8 Å². The summed E-state index contributed by atoms with van der Waals surface area (Å²) in [5.41, 5.74) is 0. The molecule has 22 heavy (non-hydrogen) atoms. The van der Waals surface area contributed by atoms with Crippen molar-refractivity contribution < 1.29 is 9.53 Å². The number of hydrogen-bond acceptors (Lipinski definition) is 3. The Hall–Kier alpha value is -1.55. The van der Waals surface area contributed by atoms with E-state index in [0.29, 0.717) is 6.61 Å². The van der Waals surface area contributed by atoms with E-state index in [4.69, 9.17) is 4.74 Å². The average molecular weight is 302 g/mol. The van der Waals surface area contributed by atoms with Gasteiger partial charge in [0.25, 0.3) is 0 Å². The predicted molar refractivity (Wildman–Crippen MR) is 86.8 cm³/mol. The van der Waals surface area contributed by atoms with Gasteiger partial charge in [-0.1, -0.05) is 25.1 Å². The molecule has 2 saturated heterocycles. The molecular weight excluding hydrogens is 276 g/mol. The van der Waals surface area contributed by atoms with Gasteiger partial charge in [-0.05, 0) is 49.9 Å². The van der Waals surface area contributed by atoms with Crippen LogP contribution in [0.2, 0.25) is 0 Å². The van der Waals surface area contributed by atoms with Gasteiger partial charge in [0.1, 0.15) is 5.75 Å². The molecule has 0 saturated carbocycles. The van der Waals surface area contributed by atoms with E-state index < -0.39 is 0 Å². The average Bonchev–Trinajstić information content (AvgIpc) is 2.91. The lowest BCUT2D eigenvalue weighted by molar-refractivity contribution is -0.135. The number of likely N-dealkylation sites (tertiary alicyclic amines) is 1. The van der Waals surface area contributed by atoms with Gasteiger partial charge in [-0.2, -0.15) is 0 Å². The highest BCUT2D eigenvalue weighted by atomic mass is 16.5. The molecule has 2 aliphatic rings. The van der Waals surface area contributed by atoms with E-state index in [1.54, 1.807) is 0 Å². The number of amides is 1. The topological polar surface area (TPSA) is 41.6 Å². The van der Waals surface area contributed by atoms with E-state index in [1.165, 1.54) is 0 Å². The molecule has 120 valence electrons. The summed E-state index contributed by atoms with van der Waals surface area (Å²) in [6, 6.07) is 9.71. The molecule has 2 fully saturated rings. The molecule has 3 rings (SSSR count). The molecule has 4 heteroatoms. The summed E-state index contributed by atoms with van der Waals surface area (Å²) >= 11 is 0. The van der Waals surface area contributed by atoms with Crippen LogP contribution in [0.4, 0.5) is 0 Å². The number of fused-ring (bicyclic) bond motifs is 1. The monoisotopic (exact) mass is 302 g/mol. The van der Waals surface area contributed by atoms with Crippen LogP contribution in [0.3, 0.4) is 0 Å². The fourth-order valence-electron chi connectivity index (χ4n) is 3.56. The summed E-state index contributed by atoms with van der Waals surface area (Å²) in [5.74, 6) is 2.50. The van der Waals surface area contributed by atoms with E-state index in [2.05, 4.69) is 10.2 Å². The number of carbonyl (C=O) groups is 1. The van der Waals surface area contributed by atoms with Crippen LogP contribution in [0.5, 0.6) is 5.75 Å². The zero-order valence-electron chi connectivity index (χ0n) is 13.3. The number of hydrogen-bond donors (Lipinski definition) is 1. The largest absolute Gasteiger partial charge is 0.493 e. The molecule has 4 nitrogen and oxygen atoms in total. The van der Waals surface area contributed by atoms with Crippen molar-refractivity contribution in [2.24, 2.45) is 17.8 Å². The summed E-state index contributed by atoms with van der Waals surface area (Å²) in [6.45, 7) is 6.47. The summed E-state index contributed by atoms with van der Waals surface area (Å²) in [6.07, 6.45) is 2.27. The molecule has 1 N–H and O–H groups in total. The third kappa shape index (κ3) is 3.61. The van der Waals surface area contributed by atoms with E-state index >= 15 is 0 Å². The van der Waals surface area contributed by atoms with Crippen LogP contribution in [-0.2, 0) is 4.79 Å². The lowest BCUT2D eigenvalue weighted by atomic mass is 9.92. The van der Waals surface area contributed by atoms with Crippen molar-refractivity contribution in [3.05, 3.63) is 30.3 Å². The Morgan fingerprint density at radius 2 is 1.86 bits per heavy atom. The van der Waals surface area contributed by atoms with Gasteiger partial charge in [0.15, 0.2) is 0 Å². The second-order valence-electron chi connectivity index (χ2n) is 6.61. The molecular formula is C18H26N2O2. The van der Waals surface area contributed by atoms with Gasteiger partial charge in [-0.25, -0.2) is 0 Å². The van der Waals surface area contributed by atoms with Gasteiger partial charge in [-0.3, -0.25) is 4.79 Å². The Bertz CT molecular complexity index is 477. The summed E-state index contributed by atoms with van der Waals surface area (Å²) in [7, 11) is 0. The summed E-state index contributed by atoms with van der Waals surface area (Å²) in [5, 5.41) is 3.47. The number of ether oxygens (including phenoxy) is 1. The van der Waals surface area contributed by atoms with Crippen molar-refractivity contribution in [2.75, 3.05) is 32.8 Å². The van der Waals surface area contributed by atoms with Crippen LogP contribution >= 0.6 is 0 Å². The van der Waals surface area contributed by atoms with E-state index in [0.717, 1.165) is 56.6 Å². The van der Waals surface area contributed by atoms with Crippen LogP contribution in [-0.4, -0.2) is 43.6 Å². The molecule has 2 aliphatic heterocycles. The third-order valence-electron chi connectivity index (χ3n) is 5.00. The van der Waals surface area contributed by atoms with Crippen LogP contribution in [0.1, 0.15) is 19.8 Å². The molecule has 0 spiro atoms. The summed E-state index contributed by atoms with van der Waals surface area (Å²) in [4.78, 5) is 14.7. The van der Waals surface area contributed by atoms with Gasteiger partial charge in [0.05, 0.1) is 12.5 Å². The number of benzene rings is 1. The second-order valence-corrected chi connectivity index (χ2v) is 6.61. The smallest absolute Gasteiger partial charge is 0.228 e. The number of nitrogens with one attached hydrogen (secondary N) is 1. The molecule has 1 aromatic rings. The van der Waals surface area contributed by atoms with Gasteiger partial charge < -0.3 is 15.0 Å². The van der Waals surface area contributed by atoms with Crippen LogP contribution < -0.4 is 10.1 Å². The van der Waals surface area contributed by atoms with Crippen molar-refractivity contribution in [3.63, 3.8) is 0 Å². The first-order valence-corrected chi connectivity index (χ1v) is 8.41. The van der Waals surface area contributed by atoms with Crippen molar-refractivity contribution in [3.8, 4) is 5.75 Å². The zero-order chi connectivity index (χ0) is 15.4. The minimum absolute atomic E-state index is 0.0868. The molecule has 1 aromatic carbocycles. The summed E-state index contributed by atoms with van der Waals surface area (Å²) < 4.78 is 5.73. The van der Waals surface area contributed by atoms with Crippen molar-refractivity contribution in [1.82, 2.24) is 10.2 Å². The maximum absolute atomic E-state index is 12.6. The minimum Gasteiger partial charge on any atom is -0.493 e. The van der Waals surface area contributed by atoms with E-state index in [9.17, 15) is 4.79 Å². The van der Waals surface area contributed by atoms with Crippen LogP contribution in [0.15, 0.2) is 30.3 Å².